The number of rotatable bonds is 6. The van der Waals surface area contributed by atoms with E-state index >= 15 is 0 Å². The largest absolute Gasteiger partial charge is 0.490 e. The molecule has 0 bridgehead atoms. The molecule has 1 aliphatic heterocycles. The van der Waals surface area contributed by atoms with Gasteiger partial charge in [0.25, 0.3) is 5.91 Å². The van der Waals surface area contributed by atoms with Gasteiger partial charge in [0.05, 0.1) is 17.0 Å². The van der Waals surface area contributed by atoms with Crippen LogP contribution in [0.2, 0.25) is 0 Å². The third-order valence-corrected chi connectivity index (χ3v) is 5.93. The first-order chi connectivity index (χ1) is 16.5. The van der Waals surface area contributed by atoms with Gasteiger partial charge < -0.3 is 14.1 Å². The molecule has 0 saturated carbocycles. The average Bonchev–Trinajstić information content (AvgIpc) is 3.11. The van der Waals surface area contributed by atoms with E-state index in [0.717, 1.165) is 16.7 Å². The van der Waals surface area contributed by atoms with E-state index in [1.807, 2.05) is 31.2 Å². The summed E-state index contributed by atoms with van der Waals surface area (Å²) in [6, 6.07) is 17.9. The molecule has 2 heterocycles. The van der Waals surface area contributed by atoms with Crippen molar-refractivity contribution in [2.75, 3.05) is 6.61 Å². The van der Waals surface area contributed by atoms with Crippen LogP contribution in [0.1, 0.15) is 38.9 Å². The van der Waals surface area contributed by atoms with E-state index in [4.69, 9.17) is 9.15 Å². The van der Waals surface area contributed by atoms with E-state index in [2.05, 4.69) is 6.58 Å². The molecule has 0 N–H and O–H groups in total. The molecule has 170 valence electrons. The summed E-state index contributed by atoms with van der Waals surface area (Å²) in [5.41, 5.74) is 2.80. The van der Waals surface area contributed by atoms with Crippen molar-refractivity contribution in [2.24, 2.45) is 0 Å². The maximum atomic E-state index is 13.7. The lowest BCUT2D eigenvalue weighted by Crippen LogP contribution is -2.29. The molecule has 4 aromatic rings. The van der Waals surface area contributed by atoms with E-state index in [1.54, 1.807) is 41.3 Å². The molecule has 0 aliphatic carbocycles. The molecule has 5 rings (SSSR count). The molecule has 0 fully saturated rings. The molecule has 1 atom stereocenters. The third-order valence-electron chi connectivity index (χ3n) is 5.93. The van der Waals surface area contributed by atoms with Gasteiger partial charge in [-0.2, -0.15) is 0 Å². The Morgan fingerprint density at radius 3 is 2.65 bits per heavy atom. The highest BCUT2D eigenvalue weighted by Crippen LogP contribution is 2.40. The van der Waals surface area contributed by atoms with Crippen molar-refractivity contribution in [3.8, 4) is 5.75 Å². The minimum atomic E-state index is -0.680. The van der Waals surface area contributed by atoms with Gasteiger partial charge >= 0.3 is 0 Å². The fraction of sp³-hybridized carbons (Fsp3) is 0.143. The molecule has 5 nitrogen and oxygen atoms in total. The number of hydrogen-bond donors (Lipinski definition) is 0. The second kappa shape index (κ2) is 8.63. The minimum Gasteiger partial charge on any atom is -0.490 e. The molecule has 6 heteroatoms. The Bertz CT molecular complexity index is 1470. The van der Waals surface area contributed by atoms with Gasteiger partial charge in [0.1, 0.15) is 23.8 Å². The first-order valence-electron chi connectivity index (χ1n) is 10.9. The summed E-state index contributed by atoms with van der Waals surface area (Å²) in [6.45, 7) is 6.08. The molecule has 3 aromatic carbocycles. The molecule has 0 radical (unpaired) electrons. The Hall–Kier alpha value is -4.19. The van der Waals surface area contributed by atoms with Crippen LogP contribution in [0, 0.1) is 12.7 Å². The van der Waals surface area contributed by atoms with Crippen LogP contribution in [0.4, 0.5) is 4.39 Å². The van der Waals surface area contributed by atoms with Crippen LogP contribution in [-0.2, 0) is 6.54 Å². The highest BCUT2D eigenvalue weighted by atomic mass is 19.1. The van der Waals surface area contributed by atoms with Crippen LogP contribution in [0.5, 0.6) is 5.75 Å². The van der Waals surface area contributed by atoms with Crippen molar-refractivity contribution < 1.29 is 18.3 Å². The number of ether oxygens (including phenoxy) is 1. The van der Waals surface area contributed by atoms with Crippen LogP contribution in [0.3, 0.4) is 0 Å². The number of aryl methyl sites for hydroxylation is 1. The Balaban J connectivity index is 1.69. The summed E-state index contributed by atoms with van der Waals surface area (Å²) in [6.07, 6.45) is 1.64. The fourth-order valence-electron chi connectivity index (χ4n) is 4.36. The lowest BCUT2D eigenvalue weighted by molar-refractivity contribution is 0.0714. The van der Waals surface area contributed by atoms with Gasteiger partial charge in [-0.25, -0.2) is 4.39 Å². The van der Waals surface area contributed by atoms with Gasteiger partial charge in [-0.15, -0.1) is 0 Å². The van der Waals surface area contributed by atoms with Crippen LogP contribution >= 0.6 is 0 Å². The predicted octanol–water partition coefficient (Wildman–Crippen LogP) is 5.55. The summed E-state index contributed by atoms with van der Waals surface area (Å²) < 4.78 is 25.1. The van der Waals surface area contributed by atoms with Gasteiger partial charge in [-0.05, 0) is 54.4 Å². The molecule has 1 amide bonds. The lowest BCUT2D eigenvalue weighted by atomic mass is 9.97. The Morgan fingerprint density at radius 2 is 1.88 bits per heavy atom. The maximum absolute atomic E-state index is 13.7. The fourth-order valence-corrected chi connectivity index (χ4v) is 4.36. The summed E-state index contributed by atoms with van der Waals surface area (Å²) in [7, 11) is 0. The number of nitrogens with zero attached hydrogens (tertiary/aromatic N) is 1. The molecule has 34 heavy (non-hydrogen) atoms. The van der Waals surface area contributed by atoms with Crippen molar-refractivity contribution in [2.45, 2.75) is 19.5 Å². The van der Waals surface area contributed by atoms with E-state index in [9.17, 15) is 14.0 Å². The first kappa shape index (κ1) is 21.6. The average molecular weight is 455 g/mol. The lowest BCUT2D eigenvalue weighted by Gasteiger charge is -2.25. The van der Waals surface area contributed by atoms with Crippen LogP contribution in [0.25, 0.3) is 11.0 Å². The quantitative estimate of drug-likeness (QED) is 0.358. The second-order valence-electron chi connectivity index (χ2n) is 8.31. The highest BCUT2D eigenvalue weighted by Gasteiger charge is 2.42. The highest BCUT2D eigenvalue weighted by molar-refractivity contribution is 5.99. The van der Waals surface area contributed by atoms with Crippen molar-refractivity contribution in [1.29, 1.82) is 0 Å². The predicted molar refractivity (Wildman–Crippen MR) is 127 cm³/mol. The zero-order valence-electron chi connectivity index (χ0n) is 18.6. The number of carbonyl (C=O) groups excluding carboxylic acids is 1. The van der Waals surface area contributed by atoms with Crippen molar-refractivity contribution >= 4 is 16.9 Å². The van der Waals surface area contributed by atoms with Crippen LogP contribution in [-0.4, -0.2) is 17.4 Å². The zero-order chi connectivity index (χ0) is 23.8. The molecule has 1 aromatic heterocycles. The first-order valence-corrected chi connectivity index (χ1v) is 10.9. The maximum Gasteiger partial charge on any atom is 0.291 e. The molecule has 0 spiro atoms. The number of carbonyl (C=O) groups is 1. The van der Waals surface area contributed by atoms with E-state index in [-0.39, 0.29) is 29.5 Å². The Kier molecular flexibility index (Phi) is 5.49. The topological polar surface area (TPSA) is 59.8 Å². The number of fused-ring (bicyclic) bond motifs is 2. The van der Waals surface area contributed by atoms with Crippen molar-refractivity contribution in [3.05, 3.63) is 123 Å². The number of halogens is 1. The summed E-state index contributed by atoms with van der Waals surface area (Å²) in [4.78, 5) is 28.8. The Labute approximate surface area is 195 Å². The zero-order valence-corrected chi connectivity index (χ0v) is 18.6. The summed E-state index contributed by atoms with van der Waals surface area (Å²) in [5, 5.41) is 0.430. The number of amides is 1. The third kappa shape index (κ3) is 3.77. The summed E-state index contributed by atoms with van der Waals surface area (Å²) in [5.74, 6) is -0.116. The van der Waals surface area contributed by atoms with E-state index in [1.165, 1.54) is 12.1 Å². The molecule has 0 unspecified atom stereocenters. The standard InChI is InChI=1S/C28H22FNO4/c1-3-13-33-21-6-4-5-19(15-21)25-24-26(31)22-14-17(2)7-12-23(22)34-27(24)28(32)30(25)16-18-8-10-20(29)11-9-18/h3-12,14-15,25H,1,13,16H2,2H3/t25-/m0/s1. The van der Waals surface area contributed by atoms with Gasteiger partial charge in [-0.1, -0.05) is 48.6 Å². The minimum absolute atomic E-state index is 0.0332. The van der Waals surface area contributed by atoms with Crippen molar-refractivity contribution in [3.63, 3.8) is 0 Å². The van der Waals surface area contributed by atoms with Gasteiger partial charge in [0.15, 0.2) is 5.43 Å². The van der Waals surface area contributed by atoms with E-state index < -0.39 is 6.04 Å². The molecule has 0 saturated heterocycles. The molecule has 1 aliphatic rings. The molecular formula is C28H22FNO4. The van der Waals surface area contributed by atoms with Gasteiger partial charge in [-0.3, -0.25) is 9.59 Å². The SMILES string of the molecule is C=CCOc1cccc([C@H]2c3c(oc4ccc(C)cc4c3=O)C(=O)N2Cc2ccc(F)cc2)c1. The monoisotopic (exact) mass is 455 g/mol. The van der Waals surface area contributed by atoms with Crippen LogP contribution < -0.4 is 10.2 Å². The van der Waals surface area contributed by atoms with Gasteiger partial charge in [0, 0.05) is 6.54 Å². The van der Waals surface area contributed by atoms with E-state index in [0.29, 0.717) is 28.9 Å². The van der Waals surface area contributed by atoms with Gasteiger partial charge in [0.2, 0.25) is 5.76 Å². The number of benzene rings is 3. The normalized spacial score (nSPS) is 14.9. The summed E-state index contributed by atoms with van der Waals surface area (Å²) >= 11 is 0. The van der Waals surface area contributed by atoms with Crippen molar-refractivity contribution in [1.82, 2.24) is 4.90 Å². The smallest absolute Gasteiger partial charge is 0.291 e. The van der Waals surface area contributed by atoms with Crippen LogP contribution in [0.15, 0.2) is 88.6 Å². The number of hydrogen-bond acceptors (Lipinski definition) is 4. The second-order valence-corrected chi connectivity index (χ2v) is 8.31. The Morgan fingerprint density at radius 1 is 1.09 bits per heavy atom. The molecular weight excluding hydrogens is 433 g/mol.